The fourth-order valence-electron chi connectivity index (χ4n) is 1.49. The molecule has 0 saturated carbocycles. The lowest BCUT2D eigenvalue weighted by atomic mass is 10.2. The molecule has 2 aromatic rings. The number of nitrogens with zero attached hydrogens (tertiary/aromatic N) is 2. The maximum Gasteiger partial charge on any atom is 0.259 e. The van der Waals surface area contributed by atoms with E-state index in [-0.39, 0.29) is 11.3 Å². The van der Waals surface area contributed by atoms with Crippen LogP contribution in [0.5, 0.6) is 5.75 Å². The van der Waals surface area contributed by atoms with Crippen LogP contribution in [0.2, 0.25) is 5.02 Å². The highest BCUT2D eigenvalue weighted by Gasteiger charge is 2.12. The Hall–Kier alpha value is -2.01. The lowest BCUT2D eigenvalue weighted by Crippen LogP contribution is -2.11. The van der Waals surface area contributed by atoms with Crippen LogP contribution < -0.4 is 5.32 Å². The van der Waals surface area contributed by atoms with E-state index in [4.69, 9.17) is 11.6 Å². The van der Waals surface area contributed by atoms with Crippen molar-refractivity contribution in [1.82, 2.24) is 9.78 Å². The number of hydrogen-bond donors (Lipinski definition) is 2. The minimum atomic E-state index is -0.425. The second-order valence-corrected chi connectivity index (χ2v) is 4.14. The summed E-state index contributed by atoms with van der Waals surface area (Å²) in [6, 6.07) is 4.31. The number of phenolic OH excluding ortho intramolecular Hbond substituents is 1. The molecule has 0 aliphatic carbocycles. The highest BCUT2D eigenvalue weighted by molar-refractivity contribution is 6.31. The van der Waals surface area contributed by atoms with Crippen LogP contribution in [0.25, 0.3) is 0 Å². The van der Waals surface area contributed by atoms with Crippen molar-refractivity contribution in [1.29, 1.82) is 0 Å². The van der Waals surface area contributed by atoms with E-state index in [0.29, 0.717) is 10.7 Å². The quantitative estimate of drug-likeness (QED) is 0.896. The minimum absolute atomic E-state index is 0.111. The summed E-state index contributed by atoms with van der Waals surface area (Å²) >= 11 is 5.78. The van der Waals surface area contributed by atoms with Gasteiger partial charge in [-0.2, -0.15) is 5.10 Å². The van der Waals surface area contributed by atoms with Gasteiger partial charge in [-0.3, -0.25) is 9.48 Å². The lowest BCUT2D eigenvalue weighted by molar-refractivity contribution is 0.102. The number of phenols is 1. The van der Waals surface area contributed by atoms with Crippen LogP contribution in [0.15, 0.2) is 30.6 Å². The van der Waals surface area contributed by atoms with Crippen LogP contribution in [-0.2, 0) is 6.54 Å². The van der Waals surface area contributed by atoms with Crippen molar-refractivity contribution in [2.45, 2.75) is 13.5 Å². The summed E-state index contributed by atoms with van der Waals surface area (Å²) in [6.45, 7) is 2.67. The Bertz CT molecular complexity index is 580. The first-order chi connectivity index (χ1) is 8.60. The average molecular weight is 266 g/mol. The molecule has 0 spiro atoms. The van der Waals surface area contributed by atoms with Gasteiger partial charge in [0.05, 0.1) is 17.4 Å². The highest BCUT2D eigenvalue weighted by Crippen LogP contribution is 2.22. The molecule has 0 atom stereocenters. The van der Waals surface area contributed by atoms with Crippen molar-refractivity contribution in [3.05, 3.63) is 41.2 Å². The fraction of sp³-hybridized carbons (Fsp3) is 0.167. The van der Waals surface area contributed by atoms with Crippen LogP contribution in [0.4, 0.5) is 5.69 Å². The Kier molecular flexibility index (Phi) is 3.53. The first kappa shape index (κ1) is 12.4. The number of aromatic nitrogens is 2. The number of carbonyl (C=O) groups is 1. The van der Waals surface area contributed by atoms with Gasteiger partial charge >= 0.3 is 0 Å². The molecule has 18 heavy (non-hydrogen) atoms. The monoisotopic (exact) mass is 265 g/mol. The zero-order chi connectivity index (χ0) is 13.1. The van der Waals surface area contributed by atoms with E-state index >= 15 is 0 Å². The number of rotatable bonds is 3. The van der Waals surface area contributed by atoms with Gasteiger partial charge in [0, 0.05) is 17.8 Å². The highest BCUT2D eigenvalue weighted by atomic mass is 35.5. The van der Waals surface area contributed by atoms with Gasteiger partial charge in [-0.1, -0.05) is 11.6 Å². The van der Waals surface area contributed by atoms with Gasteiger partial charge < -0.3 is 10.4 Å². The largest absolute Gasteiger partial charge is 0.507 e. The van der Waals surface area contributed by atoms with Gasteiger partial charge in [0.2, 0.25) is 0 Å². The molecule has 1 heterocycles. The SMILES string of the molecule is CCn1cc(NC(=O)c2cc(Cl)ccc2O)cn1. The van der Waals surface area contributed by atoms with Crippen LogP contribution in [0.3, 0.4) is 0 Å². The van der Waals surface area contributed by atoms with Crippen LogP contribution in [-0.4, -0.2) is 20.8 Å². The van der Waals surface area contributed by atoms with Crippen molar-refractivity contribution in [2.75, 3.05) is 5.32 Å². The topological polar surface area (TPSA) is 67.2 Å². The molecule has 1 aromatic carbocycles. The Labute approximate surface area is 109 Å². The number of anilines is 1. The number of amides is 1. The number of halogens is 1. The molecule has 0 fully saturated rings. The summed E-state index contributed by atoms with van der Waals surface area (Å²) in [5, 5.41) is 16.7. The normalized spacial score (nSPS) is 10.3. The molecule has 0 aliphatic heterocycles. The maximum absolute atomic E-state index is 11.9. The van der Waals surface area contributed by atoms with Crippen molar-refractivity contribution in [3.8, 4) is 5.75 Å². The summed E-state index contributed by atoms with van der Waals surface area (Å²) in [6.07, 6.45) is 3.25. The third-order valence-electron chi connectivity index (χ3n) is 2.42. The maximum atomic E-state index is 11.9. The molecule has 5 nitrogen and oxygen atoms in total. The zero-order valence-electron chi connectivity index (χ0n) is 9.72. The zero-order valence-corrected chi connectivity index (χ0v) is 10.5. The predicted octanol–water partition coefficient (Wildman–Crippen LogP) is 2.51. The Morgan fingerprint density at radius 3 is 3.00 bits per heavy atom. The fourth-order valence-corrected chi connectivity index (χ4v) is 1.66. The molecule has 94 valence electrons. The van der Waals surface area contributed by atoms with E-state index in [1.54, 1.807) is 17.1 Å². The van der Waals surface area contributed by atoms with Gasteiger partial charge in [-0.15, -0.1) is 0 Å². The molecule has 1 aromatic heterocycles. The molecule has 0 unspecified atom stereocenters. The average Bonchev–Trinajstić information content (AvgIpc) is 2.80. The van der Waals surface area contributed by atoms with E-state index < -0.39 is 5.91 Å². The molecule has 0 radical (unpaired) electrons. The first-order valence-electron chi connectivity index (χ1n) is 5.42. The first-order valence-corrected chi connectivity index (χ1v) is 5.80. The molecule has 0 aliphatic rings. The number of benzene rings is 1. The molecule has 6 heteroatoms. The number of carbonyl (C=O) groups excluding carboxylic acids is 1. The summed E-state index contributed by atoms with van der Waals surface area (Å²) in [4.78, 5) is 11.9. The van der Waals surface area contributed by atoms with Crippen molar-refractivity contribution in [3.63, 3.8) is 0 Å². The number of hydrogen-bond acceptors (Lipinski definition) is 3. The van der Waals surface area contributed by atoms with Gasteiger partial charge in [-0.25, -0.2) is 0 Å². The Morgan fingerprint density at radius 2 is 2.33 bits per heavy atom. The second-order valence-electron chi connectivity index (χ2n) is 3.70. The van der Waals surface area contributed by atoms with E-state index in [9.17, 15) is 9.90 Å². The number of aryl methyl sites for hydroxylation is 1. The van der Waals surface area contributed by atoms with Gasteiger partial charge in [-0.05, 0) is 25.1 Å². The molecular weight excluding hydrogens is 254 g/mol. The molecule has 2 rings (SSSR count). The summed E-state index contributed by atoms with van der Waals surface area (Å²) in [5.74, 6) is -0.537. The Morgan fingerprint density at radius 1 is 1.56 bits per heavy atom. The summed E-state index contributed by atoms with van der Waals surface area (Å²) in [5.41, 5.74) is 0.702. The summed E-state index contributed by atoms with van der Waals surface area (Å²) < 4.78 is 1.69. The van der Waals surface area contributed by atoms with Gasteiger partial charge in [0.1, 0.15) is 5.75 Å². The molecular formula is C12H12ClN3O2. The number of nitrogens with one attached hydrogen (secondary N) is 1. The minimum Gasteiger partial charge on any atom is -0.507 e. The van der Waals surface area contributed by atoms with Gasteiger partial charge in [0.25, 0.3) is 5.91 Å². The van der Waals surface area contributed by atoms with E-state index in [1.165, 1.54) is 18.2 Å². The van der Waals surface area contributed by atoms with E-state index in [2.05, 4.69) is 10.4 Å². The van der Waals surface area contributed by atoms with Crippen molar-refractivity contribution < 1.29 is 9.90 Å². The molecule has 2 N–H and O–H groups in total. The lowest BCUT2D eigenvalue weighted by Gasteiger charge is -2.05. The smallest absolute Gasteiger partial charge is 0.259 e. The second kappa shape index (κ2) is 5.10. The van der Waals surface area contributed by atoms with Gasteiger partial charge in [0.15, 0.2) is 0 Å². The predicted molar refractivity (Wildman–Crippen MR) is 69.0 cm³/mol. The molecule has 1 amide bonds. The van der Waals surface area contributed by atoms with Crippen molar-refractivity contribution >= 4 is 23.2 Å². The van der Waals surface area contributed by atoms with Crippen LogP contribution >= 0.6 is 11.6 Å². The van der Waals surface area contributed by atoms with Crippen molar-refractivity contribution in [2.24, 2.45) is 0 Å². The van der Waals surface area contributed by atoms with E-state index in [1.807, 2.05) is 6.92 Å². The third-order valence-corrected chi connectivity index (χ3v) is 2.65. The summed E-state index contributed by atoms with van der Waals surface area (Å²) in [7, 11) is 0. The Balaban J connectivity index is 2.19. The molecule has 0 bridgehead atoms. The van der Waals surface area contributed by atoms with Crippen LogP contribution in [0, 0.1) is 0 Å². The van der Waals surface area contributed by atoms with Crippen LogP contribution in [0.1, 0.15) is 17.3 Å². The third kappa shape index (κ3) is 2.62. The number of aromatic hydroxyl groups is 1. The van der Waals surface area contributed by atoms with E-state index in [0.717, 1.165) is 6.54 Å². The standard InChI is InChI=1S/C12H12ClN3O2/c1-2-16-7-9(6-14-16)15-12(18)10-5-8(13)3-4-11(10)17/h3-7,17H,2H2,1H3,(H,15,18). The molecule has 0 saturated heterocycles.